The lowest BCUT2D eigenvalue weighted by Gasteiger charge is -2.49. The Morgan fingerprint density at radius 2 is 1.84 bits per heavy atom. The number of benzene rings is 3. The summed E-state index contributed by atoms with van der Waals surface area (Å²) in [5.74, 6) is 0.488. The van der Waals surface area contributed by atoms with Gasteiger partial charge in [-0.2, -0.15) is 5.26 Å². The Bertz CT molecular complexity index is 1150. The Kier molecular flexibility index (Phi) is 4.95. The summed E-state index contributed by atoms with van der Waals surface area (Å²) in [6, 6.07) is 26.9. The minimum absolute atomic E-state index is 0.0262. The van der Waals surface area contributed by atoms with E-state index < -0.39 is 0 Å². The highest BCUT2D eigenvalue weighted by molar-refractivity contribution is 5.79. The summed E-state index contributed by atoms with van der Waals surface area (Å²) < 4.78 is 0. The molecule has 0 unspecified atom stereocenters. The van der Waals surface area contributed by atoms with Crippen molar-refractivity contribution >= 4 is 11.6 Å². The summed E-state index contributed by atoms with van der Waals surface area (Å²) in [4.78, 5) is 15.2. The van der Waals surface area contributed by atoms with Gasteiger partial charge in [0, 0.05) is 24.6 Å². The number of amides is 1. The number of carbonyl (C=O) groups excluding carboxylic acids is 1. The summed E-state index contributed by atoms with van der Waals surface area (Å²) in [5, 5.41) is 12.9. The Hall–Kier alpha value is -3.58. The first-order chi connectivity index (χ1) is 15.1. The van der Waals surface area contributed by atoms with E-state index in [1.807, 2.05) is 42.5 Å². The van der Waals surface area contributed by atoms with Gasteiger partial charge in [-0.05, 0) is 48.2 Å². The van der Waals surface area contributed by atoms with Crippen LogP contribution in [0.3, 0.4) is 0 Å². The van der Waals surface area contributed by atoms with Gasteiger partial charge in [0.1, 0.15) is 0 Å². The minimum Gasteiger partial charge on any atom is -0.378 e. The van der Waals surface area contributed by atoms with E-state index in [0.29, 0.717) is 18.5 Å². The Morgan fingerprint density at radius 3 is 2.58 bits per heavy atom. The maximum absolute atomic E-state index is 13.1. The lowest BCUT2D eigenvalue weighted by atomic mass is 9.73. The molecule has 154 valence electrons. The molecular weight excluding hydrogens is 382 g/mol. The van der Waals surface area contributed by atoms with Gasteiger partial charge in [-0.3, -0.25) is 4.79 Å². The number of carbonyl (C=O) groups is 1. The predicted molar refractivity (Wildman–Crippen MR) is 121 cm³/mol. The van der Waals surface area contributed by atoms with Crippen LogP contribution in [0.5, 0.6) is 0 Å². The molecule has 3 atom stereocenters. The van der Waals surface area contributed by atoms with Crippen LogP contribution in [0.4, 0.5) is 5.69 Å². The van der Waals surface area contributed by atoms with E-state index in [-0.39, 0.29) is 23.9 Å². The van der Waals surface area contributed by atoms with Crippen LogP contribution in [0.25, 0.3) is 0 Å². The molecule has 3 aromatic rings. The molecule has 2 heterocycles. The van der Waals surface area contributed by atoms with Crippen molar-refractivity contribution in [3.63, 3.8) is 0 Å². The molecule has 0 radical (unpaired) electrons. The Balaban J connectivity index is 1.59. The van der Waals surface area contributed by atoms with Crippen LogP contribution in [-0.2, 0) is 11.3 Å². The fourth-order valence-corrected chi connectivity index (χ4v) is 5.12. The van der Waals surface area contributed by atoms with E-state index in [1.165, 1.54) is 11.1 Å². The van der Waals surface area contributed by atoms with Crippen molar-refractivity contribution in [2.45, 2.75) is 38.4 Å². The molecule has 0 bridgehead atoms. The first-order valence-electron chi connectivity index (χ1n) is 10.8. The van der Waals surface area contributed by atoms with Gasteiger partial charge in [-0.25, -0.2) is 0 Å². The molecule has 0 saturated carbocycles. The molecule has 4 nitrogen and oxygen atoms in total. The monoisotopic (exact) mass is 407 g/mol. The van der Waals surface area contributed by atoms with Crippen molar-refractivity contribution in [2.24, 2.45) is 5.92 Å². The van der Waals surface area contributed by atoms with E-state index in [1.54, 1.807) is 0 Å². The summed E-state index contributed by atoms with van der Waals surface area (Å²) in [5.41, 5.74) is 6.48. The molecule has 1 amide bonds. The second kappa shape index (κ2) is 7.92. The molecule has 2 aliphatic rings. The van der Waals surface area contributed by atoms with Gasteiger partial charge in [0.15, 0.2) is 0 Å². The molecule has 4 heteroatoms. The highest BCUT2D eigenvalue weighted by Gasteiger charge is 2.45. The molecule has 0 aromatic heterocycles. The van der Waals surface area contributed by atoms with Gasteiger partial charge < -0.3 is 10.2 Å². The molecule has 1 fully saturated rings. The normalized spacial score (nSPS) is 22.1. The third kappa shape index (κ3) is 3.57. The van der Waals surface area contributed by atoms with Crippen LogP contribution in [0.2, 0.25) is 0 Å². The summed E-state index contributed by atoms with van der Waals surface area (Å²) in [6.07, 6.45) is 1.41. The Morgan fingerprint density at radius 1 is 1.06 bits per heavy atom. The number of anilines is 1. The standard InChI is InChI=1S/C27H25N3O/c1-18-7-13-24-23(15-18)27-22(26(29-24)21-10-8-19(16-28)9-11-21)12-14-25(31)30(27)17-20-5-3-2-4-6-20/h2-11,13,15,22,26-27,29H,12,14,17H2,1H3/t22-,26-,27-/m0/s1. The number of rotatable bonds is 3. The van der Waals surface area contributed by atoms with Crippen molar-refractivity contribution in [3.05, 3.63) is 101 Å². The highest BCUT2D eigenvalue weighted by Crippen LogP contribution is 2.51. The molecule has 2 aliphatic heterocycles. The molecule has 5 rings (SSSR count). The van der Waals surface area contributed by atoms with Crippen molar-refractivity contribution in [3.8, 4) is 6.07 Å². The van der Waals surface area contributed by atoms with Crippen LogP contribution in [0.1, 0.15) is 52.7 Å². The molecular formula is C27H25N3O. The van der Waals surface area contributed by atoms with Gasteiger partial charge in [-0.1, -0.05) is 60.2 Å². The maximum Gasteiger partial charge on any atom is 0.223 e. The second-order valence-electron chi connectivity index (χ2n) is 8.60. The van der Waals surface area contributed by atoms with Gasteiger partial charge in [0.25, 0.3) is 0 Å². The smallest absolute Gasteiger partial charge is 0.223 e. The molecule has 0 spiro atoms. The van der Waals surface area contributed by atoms with E-state index in [2.05, 4.69) is 53.5 Å². The fraction of sp³-hybridized carbons (Fsp3) is 0.259. The van der Waals surface area contributed by atoms with E-state index in [4.69, 9.17) is 0 Å². The number of likely N-dealkylation sites (tertiary alicyclic amines) is 1. The van der Waals surface area contributed by atoms with Gasteiger partial charge >= 0.3 is 0 Å². The van der Waals surface area contributed by atoms with Crippen molar-refractivity contribution in [1.82, 2.24) is 4.90 Å². The highest BCUT2D eigenvalue weighted by atomic mass is 16.2. The van der Waals surface area contributed by atoms with Crippen LogP contribution in [0, 0.1) is 24.2 Å². The molecule has 0 aliphatic carbocycles. The lowest BCUT2D eigenvalue weighted by Crippen LogP contribution is -2.47. The van der Waals surface area contributed by atoms with E-state index >= 15 is 0 Å². The van der Waals surface area contributed by atoms with Gasteiger partial charge in [0.2, 0.25) is 5.91 Å². The number of nitrogens with one attached hydrogen (secondary N) is 1. The number of aryl methyl sites for hydroxylation is 1. The SMILES string of the molecule is Cc1ccc2c(c1)[C@@H]1[C@@H](CCC(=O)N1Cc1ccccc1)[C@H](c1ccc(C#N)cc1)N2. The predicted octanol–water partition coefficient (Wildman–Crippen LogP) is 5.51. The zero-order valence-corrected chi connectivity index (χ0v) is 17.6. The molecule has 31 heavy (non-hydrogen) atoms. The minimum atomic E-state index is 0.0262. The van der Waals surface area contributed by atoms with Gasteiger partial charge in [0.05, 0.1) is 23.7 Å². The average Bonchev–Trinajstić information content (AvgIpc) is 2.81. The first kappa shape index (κ1) is 19.4. The summed E-state index contributed by atoms with van der Waals surface area (Å²) >= 11 is 0. The van der Waals surface area contributed by atoms with Crippen molar-refractivity contribution in [1.29, 1.82) is 5.26 Å². The molecule has 3 aromatic carbocycles. The summed E-state index contributed by atoms with van der Waals surface area (Å²) in [7, 11) is 0. The second-order valence-corrected chi connectivity index (χ2v) is 8.60. The maximum atomic E-state index is 13.1. The number of nitrogens with zero attached hydrogens (tertiary/aromatic N) is 2. The summed E-state index contributed by atoms with van der Waals surface area (Å²) in [6.45, 7) is 2.72. The zero-order chi connectivity index (χ0) is 21.4. The lowest BCUT2D eigenvalue weighted by molar-refractivity contribution is -0.140. The van der Waals surface area contributed by atoms with Crippen LogP contribution in [0.15, 0.2) is 72.8 Å². The number of hydrogen-bond donors (Lipinski definition) is 1. The topological polar surface area (TPSA) is 56.1 Å². The van der Waals surface area contributed by atoms with Gasteiger partial charge in [-0.15, -0.1) is 0 Å². The first-order valence-corrected chi connectivity index (χ1v) is 10.8. The zero-order valence-electron chi connectivity index (χ0n) is 17.6. The molecule has 1 saturated heterocycles. The Labute approximate surface area is 183 Å². The quantitative estimate of drug-likeness (QED) is 0.622. The van der Waals surface area contributed by atoms with Crippen molar-refractivity contribution in [2.75, 3.05) is 5.32 Å². The number of nitriles is 1. The third-order valence-electron chi connectivity index (χ3n) is 6.61. The third-order valence-corrected chi connectivity index (χ3v) is 6.61. The number of hydrogen-bond acceptors (Lipinski definition) is 3. The van der Waals surface area contributed by atoms with E-state index in [0.717, 1.165) is 23.2 Å². The van der Waals surface area contributed by atoms with Crippen LogP contribution < -0.4 is 5.32 Å². The van der Waals surface area contributed by atoms with Crippen LogP contribution in [-0.4, -0.2) is 10.8 Å². The molecule has 1 N–H and O–H groups in total. The fourth-order valence-electron chi connectivity index (χ4n) is 5.12. The number of piperidine rings is 1. The largest absolute Gasteiger partial charge is 0.378 e. The van der Waals surface area contributed by atoms with E-state index in [9.17, 15) is 10.1 Å². The average molecular weight is 408 g/mol. The van der Waals surface area contributed by atoms with Crippen molar-refractivity contribution < 1.29 is 4.79 Å². The van der Waals surface area contributed by atoms with Crippen LogP contribution >= 0.6 is 0 Å². The number of fused-ring (bicyclic) bond motifs is 3.